The van der Waals surface area contributed by atoms with Crippen molar-refractivity contribution in [3.05, 3.63) is 66.7 Å². The van der Waals surface area contributed by atoms with Gasteiger partial charge in [-0.2, -0.15) is 5.10 Å². The Kier molecular flexibility index (Phi) is 5.41. The Morgan fingerprint density at radius 2 is 2.04 bits per heavy atom. The van der Waals surface area contributed by atoms with Crippen LogP contribution in [-0.2, 0) is 11.3 Å². The highest BCUT2D eigenvalue weighted by atomic mass is 16.5. The third kappa shape index (κ3) is 4.91. The molecule has 0 unspecified atom stereocenters. The van der Waals surface area contributed by atoms with E-state index in [0.29, 0.717) is 30.8 Å². The molecule has 3 aromatic rings. The Morgan fingerprint density at radius 1 is 1.20 bits per heavy atom. The van der Waals surface area contributed by atoms with E-state index >= 15 is 0 Å². The van der Waals surface area contributed by atoms with Crippen LogP contribution in [0.5, 0.6) is 11.5 Å². The van der Waals surface area contributed by atoms with Gasteiger partial charge in [0.1, 0.15) is 18.4 Å². The molecule has 1 aromatic heterocycles. The Balaban J connectivity index is 1.62. The summed E-state index contributed by atoms with van der Waals surface area (Å²) in [7, 11) is 0. The number of hydrogen-bond donors (Lipinski definition) is 1. The molecule has 128 valence electrons. The Bertz CT molecular complexity index is 817. The van der Waals surface area contributed by atoms with Gasteiger partial charge in [-0.3, -0.25) is 9.48 Å². The molecule has 6 nitrogen and oxygen atoms in total. The third-order valence-electron chi connectivity index (χ3n) is 3.64. The molecule has 3 rings (SSSR count). The number of nitrogens with one attached hydrogen (secondary N) is 1. The topological polar surface area (TPSA) is 69.0 Å². The number of anilines is 1. The van der Waals surface area contributed by atoms with Gasteiger partial charge < -0.3 is 10.1 Å². The van der Waals surface area contributed by atoms with Crippen molar-refractivity contribution in [1.82, 2.24) is 14.8 Å². The van der Waals surface area contributed by atoms with Crippen molar-refractivity contribution in [3.8, 4) is 11.5 Å². The normalized spacial score (nSPS) is 10.4. The van der Waals surface area contributed by atoms with Gasteiger partial charge in [0.15, 0.2) is 5.75 Å². The van der Waals surface area contributed by atoms with E-state index < -0.39 is 0 Å². The van der Waals surface area contributed by atoms with E-state index in [1.807, 2.05) is 55.5 Å². The Labute approximate surface area is 146 Å². The summed E-state index contributed by atoms with van der Waals surface area (Å²) in [4.78, 5) is 16.1. The Hall–Kier alpha value is -3.15. The molecule has 0 bridgehead atoms. The smallest absolute Gasteiger partial charge is 0.224 e. The second-order valence-corrected chi connectivity index (χ2v) is 5.73. The molecule has 6 heteroatoms. The number of carbonyl (C=O) groups is 1. The molecule has 0 atom stereocenters. The minimum Gasteiger partial charge on any atom is -0.455 e. The molecule has 1 amide bonds. The number of benzene rings is 2. The largest absolute Gasteiger partial charge is 0.455 e. The molecule has 0 aliphatic heterocycles. The molecule has 2 aromatic carbocycles. The highest BCUT2D eigenvalue weighted by molar-refractivity contribution is 5.92. The summed E-state index contributed by atoms with van der Waals surface area (Å²) in [6, 6.07) is 15.2. The van der Waals surface area contributed by atoms with Crippen LogP contribution in [0.15, 0.2) is 61.2 Å². The summed E-state index contributed by atoms with van der Waals surface area (Å²) in [5, 5.41) is 6.97. The second-order valence-electron chi connectivity index (χ2n) is 5.73. The standard InChI is InChI=1S/C19H20N4O2/c1-15-9-10-18(25-16-6-3-2-4-7-16)17(12-15)22-19(24)8-5-11-23-14-20-13-21-23/h2-4,6-7,9-10,12-14H,5,8,11H2,1H3,(H,22,24). The van der Waals surface area contributed by atoms with Crippen LogP contribution in [0.3, 0.4) is 0 Å². The highest BCUT2D eigenvalue weighted by Crippen LogP contribution is 2.30. The molecule has 0 spiro atoms. The molecule has 25 heavy (non-hydrogen) atoms. The van der Waals surface area contributed by atoms with Crippen LogP contribution >= 0.6 is 0 Å². The number of hydrogen-bond acceptors (Lipinski definition) is 4. The van der Waals surface area contributed by atoms with Crippen LogP contribution in [0.1, 0.15) is 18.4 Å². The fourth-order valence-corrected chi connectivity index (χ4v) is 2.41. The minimum absolute atomic E-state index is 0.0522. The average Bonchev–Trinajstić information content (AvgIpc) is 3.12. The maximum Gasteiger partial charge on any atom is 0.224 e. The van der Waals surface area contributed by atoms with E-state index in [0.717, 1.165) is 11.3 Å². The zero-order valence-corrected chi connectivity index (χ0v) is 14.1. The van der Waals surface area contributed by atoms with Crippen molar-refractivity contribution in [2.45, 2.75) is 26.3 Å². The molecule has 0 radical (unpaired) electrons. The molecule has 1 N–H and O–H groups in total. The number of ether oxygens (including phenoxy) is 1. The lowest BCUT2D eigenvalue weighted by atomic mass is 10.2. The van der Waals surface area contributed by atoms with Crippen LogP contribution in [0.25, 0.3) is 0 Å². The summed E-state index contributed by atoms with van der Waals surface area (Å²) in [6.07, 6.45) is 4.22. The van der Waals surface area contributed by atoms with Gasteiger partial charge in [0.2, 0.25) is 5.91 Å². The van der Waals surface area contributed by atoms with Crippen molar-refractivity contribution in [2.75, 3.05) is 5.32 Å². The lowest BCUT2D eigenvalue weighted by Crippen LogP contribution is -2.13. The molecular weight excluding hydrogens is 316 g/mol. The van der Waals surface area contributed by atoms with Gasteiger partial charge in [-0.05, 0) is 43.2 Å². The van der Waals surface area contributed by atoms with Crippen molar-refractivity contribution < 1.29 is 9.53 Å². The first-order chi connectivity index (χ1) is 12.2. The zero-order chi connectivity index (χ0) is 17.5. The lowest BCUT2D eigenvalue weighted by Gasteiger charge is -2.13. The van der Waals surface area contributed by atoms with Crippen molar-refractivity contribution >= 4 is 11.6 Å². The molecule has 1 heterocycles. The van der Waals surface area contributed by atoms with Crippen LogP contribution in [0.2, 0.25) is 0 Å². The fraction of sp³-hybridized carbons (Fsp3) is 0.211. The quantitative estimate of drug-likeness (QED) is 0.712. The molecule has 0 aliphatic carbocycles. The van der Waals surface area contributed by atoms with Crippen LogP contribution in [0.4, 0.5) is 5.69 Å². The zero-order valence-electron chi connectivity index (χ0n) is 14.1. The predicted molar refractivity (Wildman–Crippen MR) is 95.6 cm³/mol. The van der Waals surface area contributed by atoms with Crippen molar-refractivity contribution in [1.29, 1.82) is 0 Å². The summed E-state index contributed by atoms with van der Waals surface area (Å²) < 4.78 is 7.60. The van der Waals surface area contributed by atoms with E-state index in [-0.39, 0.29) is 5.91 Å². The number of nitrogens with zero attached hydrogens (tertiary/aromatic N) is 3. The van der Waals surface area contributed by atoms with Gasteiger partial charge in [0, 0.05) is 13.0 Å². The molecule has 0 saturated carbocycles. The number of amides is 1. The minimum atomic E-state index is -0.0522. The van der Waals surface area contributed by atoms with Crippen LogP contribution < -0.4 is 10.1 Å². The molecular formula is C19H20N4O2. The highest BCUT2D eigenvalue weighted by Gasteiger charge is 2.09. The number of rotatable bonds is 7. The maximum atomic E-state index is 12.2. The lowest BCUT2D eigenvalue weighted by molar-refractivity contribution is -0.116. The summed E-state index contributed by atoms with van der Waals surface area (Å²) >= 11 is 0. The van der Waals surface area contributed by atoms with Crippen LogP contribution in [-0.4, -0.2) is 20.7 Å². The van der Waals surface area contributed by atoms with Gasteiger partial charge in [0.25, 0.3) is 0 Å². The monoisotopic (exact) mass is 336 g/mol. The van der Waals surface area contributed by atoms with E-state index in [1.54, 1.807) is 11.0 Å². The summed E-state index contributed by atoms with van der Waals surface area (Å²) in [5.74, 6) is 1.30. The van der Waals surface area contributed by atoms with Gasteiger partial charge >= 0.3 is 0 Å². The first-order valence-electron chi connectivity index (χ1n) is 8.16. The Morgan fingerprint density at radius 3 is 2.80 bits per heavy atom. The maximum absolute atomic E-state index is 12.2. The van der Waals surface area contributed by atoms with Crippen LogP contribution in [0, 0.1) is 6.92 Å². The first-order valence-corrected chi connectivity index (χ1v) is 8.16. The fourth-order valence-electron chi connectivity index (χ4n) is 2.41. The SMILES string of the molecule is Cc1ccc(Oc2ccccc2)c(NC(=O)CCCn2cncn2)c1. The number of carbonyl (C=O) groups excluding carboxylic acids is 1. The second kappa shape index (κ2) is 8.10. The summed E-state index contributed by atoms with van der Waals surface area (Å²) in [6.45, 7) is 2.64. The number of aromatic nitrogens is 3. The van der Waals surface area contributed by atoms with E-state index in [2.05, 4.69) is 15.4 Å². The summed E-state index contributed by atoms with van der Waals surface area (Å²) in [5.41, 5.74) is 1.73. The van der Waals surface area contributed by atoms with E-state index in [4.69, 9.17) is 4.74 Å². The van der Waals surface area contributed by atoms with Gasteiger partial charge in [-0.25, -0.2) is 4.98 Å². The van der Waals surface area contributed by atoms with Gasteiger partial charge in [-0.15, -0.1) is 0 Å². The van der Waals surface area contributed by atoms with Crippen molar-refractivity contribution in [2.24, 2.45) is 0 Å². The third-order valence-corrected chi connectivity index (χ3v) is 3.64. The van der Waals surface area contributed by atoms with Crippen molar-refractivity contribution in [3.63, 3.8) is 0 Å². The molecule has 0 saturated heterocycles. The first kappa shape index (κ1) is 16.7. The van der Waals surface area contributed by atoms with E-state index in [9.17, 15) is 4.79 Å². The predicted octanol–water partition coefficient (Wildman–Crippen LogP) is 3.80. The van der Waals surface area contributed by atoms with Gasteiger partial charge in [-0.1, -0.05) is 24.3 Å². The average molecular weight is 336 g/mol. The number of para-hydroxylation sites is 1. The molecule has 0 aliphatic rings. The number of aryl methyl sites for hydroxylation is 2. The molecule has 0 fully saturated rings. The van der Waals surface area contributed by atoms with Gasteiger partial charge in [0.05, 0.1) is 5.69 Å². The van der Waals surface area contributed by atoms with E-state index in [1.165, 1.54) is 6.33 Å².